The fraction of sp³-hybridized carbons (Fsp3) is 0.318. The van der Waals surface area contributed by atoms with Crippen LogP contribution in [0.15, 0.2) is 47.1 Å². The van der Waals surface area contributed by atoms with Gasteiger partial charge in [-0.15, -0.1) is 0 Å². The molecule has 1 N–H and O–H groups in total. The van der Waals surface area contributed by atoms with Gasteiger partial charge in [-0.2, -0.15) is 0 Å². The van der Waals surface area contributed by atoms with Crippen molar-refractivity contribution in [1.29, 1.82) is 0 Å². The minimum Gasteiger partial charge on any atom is -0.494 e. The summed E-state index contributed by atoms with van der Waals surface area (Å²) in [4.78, 5) is 12.7. The maximum absolute atomic E-state index is 12.7. The van der Waals surface area contributed by atoms with E-state index < -0.39 is 0 Å². The van der Waals surface area contributed by atoms with Gasteiger partial charge >= 0.3 is 0 Å². The molecule has 6 nitrogen and oxygen atoms in total. The van der Waals surface area contributed by atoms with Crippen molar-refractivity contribution < 1.29 is 14.2 Å². The Labute approximate surface area is 164 Å². The number of hydrogen-bond donors (Lipinski definition) is 1. The van der Waals surface area contributed by atoms with Crippen molar-refractivity contribution in [2.75, 3.05) is 11.9 Å². The zero-order chi connectivity index (χ0) is 19.9. The predicted octanol–water partition coefficient (Wildman–Crippen LogP) is 4.90. The van der Waals surface area contributed by atoms with Crippen LogP contribution in [0.25, 0.3) is 11.3 Å². The fourth-order valence-electron chi connectivity index (χ4n) is 2.95. The van der Waals surface area contributed by atoms with Crippen LogP contribution in [0.2, 0.25) is 0 Å². The molecule has 0 atom stereocenters. The largest absolute Gasteiger partial charge is 0.494 e. The molecular weight excluding hydrogens is 354 g/mol. The molecule has 3 rings (SSSR count). The molecule has 0 saturated carbocycles. The fourth-order valence-corrected chi connectivity index (χ4v) is 2.95. The van der Waals surface area contributed by atoms with E-state index in [-0.39, 0.29) is 5.91 Å². The van der Waals surface area contributed by atoms with Crippen molar-refractivity contribution in [2.45, 2.75) is 40.0 Å². The third kappa shape index (κ3) is 4.39. The summed E-state index contributed by atoms with van der Waals surface area (Å²) in [6.45, 7) is 6.82. The van der Waals surface area contributed by atoms with Gasteiger partial charge in [0.2, 0.25) is 5.82 Å². The first-order chi connectivity index (χ1) is 13.7. The Bertz CT molecular complexity index is 950. The highest BCUT2D eigenvalue weighted by Crippen LogP contribution is 2.30. The monoisotopic (exact) mass is 379 g/mol. The molecule has 0 aliphatic carbocycles. The number of nitrogens with zero attached hydrogens (tertiary/aromatic N) is 2. The zero-order valence-corrected chi connectivity index (χ0v) is 16.5. The average molecular weight is 379 g/mol. The maximum atomic E-state index is 12.7. The maximum Gasteiger partial charge on any atom is 0.257 e. The molecule has 0 radical (unpaired) electrons. The number of aromatic nitrogens is 2. The third-order valence-corrected chi connectivity index (χ3v) is 4.51. The van der Waals surface area contributed by atoms with Gasteiger partial charge in [-0.25, -0.2) is 4.63 Å². The van der Waals surface area contributed by atoms with Crippen molar-refractivity contribution in [3.8, 4) is 17.0 Å². The summed E-state index contributed by atoms with van der Waals surface area (Å²) >= 11 is 0. The molecule has 2 aromatic carbocycles. The average Bonchev–Trinajstić information content (AvgIpc) is 3.19. The number of hydrogen-bond acceptors (Lipinski definition) is 5. The van der Waals surface area contributed by atoms with Crippen LogP contribution in [-0.2, 0) is 12.8 Å². The van der Waals surface area contributed by atoms with E-state index in [9.17, 15) is 4.79 Å². The SMILES string of the molecule is CCCOc1cccc(C(=O)Nc2nonc2-c2cc(CC)ccc2CC)c1. The molecule has 0 spiro atoms. The molecular formula is C22H25N3O3. The van der Waals surface area contributed by atoms with Crippen LogP contribution in [0.1, 0.15) is 48.7 Å². The van der Waals surface area contributed by atoms with Crippen LogP contribution in [0.5, 0.6) is 5.75 Å². The second-order valence-corrected chi connectivity index (χ2v) is 6.49. The predicted molar refractivity (Wildman–Crippen MR) is 109 cm³/mol. The number of ether oxygens (including phenoxy) is 1. The van der Waals surface area contributed by atoms with Crippen LogP contribution in [0.3, 0.4) is 0 Å². The third-order valence-electron chi connectivity index (χ3n) is 4.51. The standard InChI is InChI=1S/C22H25N3O3/c1-4-12-27-18-9-7-8-17(14-18)22(26)23-21-20(24-28-25-21)19-13-15(5-2)10-11-16(19)6-3/h7-11,13-14H,4-6,12H2,1-3H3,(H,23,25,26). The molecule has 0 aliphatic heterocycles. The van der Waals surface area contributed by atoms with Crippen molar-refractivity contribution in [3.63, 3.8) is 0 Å². The molecule has 1 amide bonds. The van der Waals surface area contributed by atoms with E-state index in [0.29, 0.717) is 29.4 Å². The van der Waals surface area contributed by atoms with E-state index in [1.807, 2.05) is 13.0 Å². The van der Waals surface area contributed by atoms with E-state index in [0.717, 1.165) is 30.4 Å². The first-order valence-corrected chi connectivity index (χ1v) is 9.65. The topological polar surface area (TPSA) is 77.2 Å². The molecule has 0 unspecified atom stereocenters. The van der Waals surface area contributed by atoms with Gasteiger partial charge in [-0.1, -0.05) is 39.0 Å². The van der Waals surface area contributed by atoms with E-state index in [1.165, 1.54) is 5.56 Å². The van der Waals surface area contributed by atoms with Crippen molar-refractivity contribution in [2.24, 2.45) is 0 Å². The first kappa shape index (κ1) is 19.6. The molecule has 0 bridgehead atoms. The van der Waals surface area contributed by atoms with Crippen LogP contribution in [0, 0.1) is 0 Å². The van der Waals surface area contributed by atoms with Crippen molar-refractivity contribution in [1.82, 2.24) is 10.3 Å². The molecule has 6 heteroatoms. The van der Waals surface area contributed by atoms with Crippen molar-refractivity contribution >= 4 is 11.7 Å². The number of carbonyl (C=O) groups excluding carboxylic acids is 1. The Morgan fingerprint density at radius 2 is 1.93 bits per heavy atom. The van der Waals surface area contributed by atoms with Gasteiger partial charge in [-0.3, -0.25) is 4.79 Å². The van der Waals surface area contributed by atoms with Gasteiger partial charge in [0.05, 0.1) is 6.61 Å². The van der Waals surface area contributed by atoms with Gasteiger partial charge in [-0.05, 0) is 65.0 Å². The highest BCUT2D eigenvalue weighted by molar-refractivity contribution is 6.05. The summed E-state index contributed by atoms with van der Waals surface area (Å²) in [5.41, 5.74) is 4.27. The lowest BCUT2D eigenvalue weighted by Crippen LogP contribution is -2.13. The van der Waals surface area contributed by atoms with E-state index in [1.54, 1.807) is 18.2 Å². The molecule has 0 fully saturated rings. The highest BCUT2D eigenvalue weighted by atomic mass is 16.6. The number of aryl methyl sites for hydroxylation is 2. The smallest absolute Gasteiger partial charge is 0.257 e. The lowest BCUT2D eigenvalue weighted by molar-refractivity contribution is 0.102. The minimum atomic E-state index is -0.288. The second kappa shape index (κ2) is 9.17. The Balaban J connectivity index is 1.86. The highest BCUT2D eigenvalue weighted by Gasteiger charge is 2.19. The Kier molecular flexibility index (Phi) is 6.42. The number of carbonyl (C=O) groups is 1. The molecule has 0 aliphatic rings. The Morgan fingerprint density at radius 3 is 2.68 bits per heavy atom. The van der Waals surface area contributed by atoms with E-state index in [4.69, 9.17) is 9.37 Å². The van der Waals surface area contributed by atoms with Gasteiger partial charge < -0.3 is 10.1 Å². The van der Waals surface area contributed by atoms with Crippen LogP contribution < -0.4 is 10.1 Å². The summed E-state index contributed by atoms with van der Waals surface area (Å²) in [7, 11) is 0. The molecule has 3 aromatic rings. The lowest BCUT2D eigenvalue weighted by Gasteiger charge is -2.10. The summed E-state index contributed by atoms with van der Waals surface area (Å²) in [5.74, 6) is 0.688. The quantitative estimate of drug-likeness (QED) is 0.602. The number of benzene rings is 2. The Hall–Kier alpha value is -3.15. The Morgan fingerprint density at radius 1 is 1.07 bits per heavy atom. The second-order valence-electron chi connectivity index (χ2n) is 6.49. The number of rotatable bonds is 8. The lowest BCUT2D eigenvalue weighted by atomic mass is 9.98. The van der Waals surface area contributed by atoms with Crippen molar-refractivity contribution in [3.05, 3.63) is 59.2 Å². The van der Waals surface area contributed by atoms with Crippen LogP contribution >= 0.6 is 0 Å². The molecule has 0 saturated heterocycles. The molecule has 1 aromatic heterocycles. The number of anilines is 1. The van der Waals surface area contributed by atoms with Gasteiger partial charge in [0, 0.05) is 11.1 Å². The summed E-state index contributed by atoms with van der Waals surface area (Å²) in [6, 6.07) is 13.3. The summed E-state index contributed by atoms with van der Waals surface area (Å²) < 4.78 is 10.6. The molecule has 1 heterocycles. The minimum absolute atomic E-state index is 0.288. The van der Waals surface area contributed by atoms with Gasteiger partial charge in [0.1, 0.15) is 5.75 Å². The molecule has 146 valence electrons. The normalized spacial score (nSPS) is 10.7. The van der Waals surface area contributed by atoms with E-state index >= 15 is 0 Å². The van der Waals surface area contributed by atoms with Gasteiger partial charge in [0.15, 0.2) is 5.69 Å². The summed E-state index contributed by atoms with van der Waals surface area (Å²) in [5, 5.41) is 10.8. The van der Waals surface area contributed by atoms with E-state index in [2.05, 4.69) is 47.7 Å². The first-order valence-electron chi connectivity index (χ1n) is 9.65. The summed E-state index contributed by atoms with van der Waals surface area (Å²) in [6.07, 6.45) is 2.66. The van der Waals surface area contributed by atoms with Gasteiger partial charge in [0.25, 0.3) is 5.91 Å². The molecule has 28 heavy (non-hydrogen) atoms. The van der Waals surface area contributed by atoms with Crippen LogP contribution in [0.4, 0.5) is 5.82 Å². The van der Waals surface area contributed by atoms with Crippen LogP contribution in [-0.4, -0.2) is 22.8 Å². The number of amides is 1. The zero-order valence-electron chi connectivity index (χ0n) is 16.5. The number of nitrogens with one attached hydrogen (secondary N) is 1.